The van der Waals surface area contributed by atoms with E-state index in [1.165, 1.54) is 0 Å². The monoisotopic (exact) mass is 441 g/mol. The van der Waals surface area contributed by atoms with Gasteiger partial charge >= 0.3 is 0 Å². The molecule has 1 aromatic carbocycles. The van der Waals surface area contributed by atoms with Crippen molar-refractivity contribution in [2.24, 2.45) is 0 Å². The number of anilines is 3. The average molecular weight is 442 g/mol. The van der Waals surface area contributed by atoms with Gasteiger partial charge in [-0.25, -0.2) is 0 Å². The van der Waals surface area contributed by atoms with Crippen LogP contribution in [0.5, 0.6) is 5.75 Å². The molecule has 1 atom stereocenters. The number of amides is 1. The highest BCUT2D eigenvalue weighted by Crippen LogP contribution is 2.34. The van der Waals surface area contributed by atoms with E-state index in [-0.39, 0.29) is 17.7 Å². The number of phenolic OH excluding ortho intramolecular Hbond substituents is 1. The molecule has 1 fully saturated rings. The number of carbonyl (C=O) groups is 1. The number of benzene rings is 1. The minimum absolute atomic E-state index is 0.0567. The van der Waals surface area contributed by atoms with E-state index in [1.807, 2.05) is 19.1 Å². The first-order chi connectivity index (χ1) is 15.1. The number of aromatic hydroxyl groups is 1. The Kier molecular flexibility index (Phi) is 6.41. The third-order valence-corrected chi connectivity index (χ3v) is 6.00. The van der Waals surface area contributed by atoms with Crippen molar-refractivity contribution in [3.63, 3.8) is 0 Å². The Morgan fingerprint density at radius 1 is 1.19 bits per heavy atom. The van der Waals surface area contributed by atoms with Crippen molar-refractivity contribution >= 4 is 35.0 Å². The standard InChI is InChI=1S/C22H27N5O3S/c1-3-16(18-11-10-14(2)30-18)23-20-21(26-31-25-20)24-17-9-7-8-15(19(17)28)22(29)27-12-5-4-6-13-27/h7-11,16,28H,3-6,12-13H2,1-2H3,(H,23,25)(H,24,26). The third kappa shape index (κ3) is 4.66. The zero-order valence-electron chi connectivity index (χ0n) is 17.7. The highest BCUT2D eigenvalue weighted by Gasteiger charge is 2.23. The third-order valence-electron chi connectivity index (χ3n) is 5.48. The van der Waals surface area contributed by atoms with E-state index in [2.05, 4.69) is 26.3 Å². The highest BCUT2D eigenvalue weighted by molar-refractivity contribution is 6.99. The normalized spacial score (nSPS) is 15.0. The van der Waals surface area contributed by atoms with Crippen LogP contribution < -0.4 is 10.6 Å². The van der Waals surface area contributed by atoms with Crippen molar-refractivity contribution in [1.82, 2.24) is 13.6 Å². The van der Waals surface area contributed by atoms with Gasteiger partial charge in [0.2, 0.25) is 0 Å². The van der Waals surface area contributed by atoms with Crippen LogP contribution in [0.25, 0.3) is 0 Å². The van der Waals surface area contributed by atoms with E-state index >= 15 is 0 Å². The smallest absolute Gasteiger partial charge is 0.257 e. The Hall–Kier alpha value is -3.07. The molecular formula is C22H27N5O3S. The van der Waals surface area contributed by atoms with Crippen molar-refractivity contribution in [3.8, 4) is 5.75 Å². The molecule has 1 aliphatic rings. The number of carbonyl (C=O) groups excluding carboxylic acids is 1. The van der Waals surface area contributed by atoms with Crippen LogP contribution in [0.4, 0.5) is 17.3 Å². The summed E-state index contributed by atoms with van der Waals surface area (Å²) < 4.78 is 14.4. The maximum atomic E-state index is 12.9. The van der Waals surface area contributed by atoms with Crippen LogP contribution in [0, 0.1) is 6.92 Å². The van der Waals surface area contributed by atoms with E-state index in [9.17, 15) is 9.90 Å². The Morgan fingerprint density at radius 3 is 2.68 bits per heavy atom. The molecule has 0 spiro atoms. The molecule has 2 aromatic heterocycles. The number of hydrogen-bond acceptors (Lipinski definition) is 8. The van der Waals surface area contributed by atoms with Gasteiger partial charge < -0.3 is 25.1 Å². The lowest BCUT2D eigenvalue weighted by Gasteiger charge is -2.27. The molecule has 0 bridgehead atoms. The summed E-state index contributed by atoms with van der Waals surface area (Å²) in [5, 5.41) is 17.3. The van der Waals surface area contributed by atoms with E-state index in [1.54, 1.807) is 23.1 Å². The zero-order valence-corrected chi connectivity index (χ0v) is 18.5. The maximum Gasteiger partial charge on any atom is 0.257 e. The summed E-state index contributed by atoms with van der Waals surface area (Å²) in [5.74, 6) is 2.52. The van der Waals surface area contributed by atoms with Crippen LogP contribution in [0.1, 0.15) is 60.5 Å². The second kappa shape index (κ2) is 9.38. The van der Waals surface area contributed by atoms with E-state index < -0.39 is 0 Å². The van der Waals surface area contributed by atoms with Gasteiger partial charge in [0.15, 0.2) is 17.4 Å². The van der Waals surface area contributed by atoms with Gasteiger partial charge in [-0.3, -0.25) is 4.79 Å². The lowest BCUT2D eigenvalue weighted by atomic mass is 10.1. The Morgan fingerprint density at radius 2 is 1.97 bits per heavy atom. The number of hydrogen-bond donors (Lipinski definition) is 3. The molecular weight excluding hydrogens is 414 g/mol. The second-order valence-electron chi connectivity index (χ2n) is 7.69. The van der Waals surface area contributed by atoms with Gasteiger partial charge in [0.1, 0.15) is 11.5 Å². The lowest BCUT2D eigenvalue weighted by Crippen LogP contribution is -2.35. The number of nitrogens with zero attached hydrogens (tertiary/aromatic N) is 3. The fraction of sp³-hybridized carbons (Fsp3) is 0.409. The van der Waals surface area contributed by atoms with Crippen molar-refractivity contribution in [2.75, 3.05) is 23.7 Å². The largest absolute Gasteiger partial charge is 0.505 e. The summed E-state index contributed by atoms with van der Waals surface area (Å²) in [6.45, 7) is 5.42. The molecule has 8 nitrogen and oxygen atoms in total. The van der Waals surface area contributed by atoms with E-state index in [0.29, 0.717) is 22.9 Å². The molecule has 1 aliphatic heterocycles. The quantitative estimate of drug-likeness (QED) is 0.439. The molecule has 4 rings (SSSR count). The highest BCUT2D eigenvalue weighted by atomic mass is 32.1. The number of aryl methyl sites for hydroxylation is 1. The number of likely N-dealkylation sites (tertiary alicyclic amines) is 1. The van der Waals surface area contributed by atoms with Gasteiger partial charge in [-0.1, -0.05) is 13.0 Å². The van der Waals surface area contributed by atoms with Crippen LogP contribution in [0.2, 0.25) is 0 Å². The fourth-order valence-electron chi connectivity index (χ4n) is 3.76. The molecule has 3 heterocycles. The maximum absolute atomic E-state index is 12.9. The number of furan rings is 1. The summed E-state index contributed by atoms with van der Waals surface area (Å²) in [7, 11) is 0. The van der Waals surface area contributed by atoms with Crippen molar-refractivity contribution in [2.45, 2.75) is 45.6 Å². The van der Waals surface area contributed by atoms with Crippen molar-refractivity contribution < 1.29 is 14.3 Å². The predicted octanol–water partition coefficient (Wildman–Crippen LogP) is 5.08. The topological polar surface area (TPSA) is 104 Å². The number of nitrogens with one attached hydrogen (secondary N) is 2. The van der Waals surface area contributed by atoms with Gasteiger partial charge in [0.05, 0.1) is 29.0 Å². The molecule has 31 heavy (non-hydrogen) atoms. The van der Waals surface area contributed by atoms with Crippen LogP contribution in [0.15, 0.2) is 34.7 Å². The number of phenols is 1. The molecule has 3 aromatic rings. The number of rotatable bonds is 7. The van der Waals surface area contributed by atoms with E-state index in [4.69, 9.17) is 4.42 Å². The first-order valence-electron chi connectivity index (χ1n) is 10.6. The first-order valence-corrected chi connectivity index (χ1v) is 11.3. The second-order valence-corrected chi connectivity index (χ2v) is 8.22. The number of aromatic nitrogens is 2. The van der Waals surface area contributed by atoms with Crippen molar-refractivity contribution in [1.29, 1.82) is 0 Å². The summed E-state index contributed by atoms with van der Waals surface area (Å²) in [6.07, 6.45) is 3.94. The summed E-state index contributed by atoms with van der Waals surface area (Å²) in [4.78, 5) is 14.7. The number of piperidine rings is 1. The molecule has 1 saturated heterocycles. The molecule has 164 valence electrons. The van der Waals surface area contributed by atoms with Gasteiger partial charge in [-0.2, -0.15) is 8.75 Å². The van der Waals surface area contributed by atoms with Crippen LogP contribution in [-0.2, 0) is 0 Å². The van der Waals surface area contributed by atoms with Crippen LogP contribution in [-0.4, -0.2) is 37.8 Å². The first kappa shape index (κ1) is 21.2. The molecule has 0 aliphatic carbocycles. The molecule has 3 N–H and O–H groups in total. The SMILES string of the molecule is CCC(Nc1nsnc1Nc1cccc(C(=O)N2CCCCC2)c1O)c1ccc(C)o1. The van der Waals surface area contributed by atoms with Crippen LogP contribution in [0.3, 0.4) is 0 Å². The van der Waals surface area contributed by atoms with Gasteiger partial charge in [0.25, 0.3) is 5.91 Å². The zero-order chi connectivity index (χ0) is 21.8. The fourth-order valence-corrected chi connectivity index (χ4v) is 4.23. The Bertz CT molecular complexity index is 1040. The van der Waals surface area contributed by atoms with Gasteiger partial charge in [-0.15, -0.1) is 0 Å². The Labute approximate surface area is 185 Å². The van der Waals surface area contributed by atoms with Crippen LogP contribution >= 0.6 is 11.7 Å². The summed E-state index contributed by atoms with van der Waals surface area (Å²) >= 11 is 1.06. The molecule has 9 heteroatoms. The van der Waals surface area contributed by atoms with Gasteiger partial charge in [0, 0.05) is 13.1 Å². The minimum atomic E-state index is -0.144. The van der Waals surface area contributed by atoms with Gasteiger partial charge in [-0.05, 0) is 56.9 Å². The molecule has 1 unspecified atom stereocenters. The minimum Gasteiger partial charge on any atom is -0.505 e. The average Bonchev–Trinajstić information content (AvgIpc) is 3.42. The lowest BCUT2D eigenvalue weighted by molar-refractivity contribution is 0.0721. The number of para-hydroxylation sites is 1. The molecule has 1 amide bonds. The van der Waals surface area contributed by atoms with Crippen molar-refractivity contribution in [3.05, 3.63) is 47.4 Å². The molecule has 0 saturated carbocycles. The summed E-state index contributed by atoms with van der Waals surface area (Å²) in [5.41, 5.74) is 0.711. The summed E-state index contributed by atoms with van der Waals surface area (Å²) in [6, 6.07) is 8.96. The van der Waals surface area contributed by atoms with E-state index in [0.717, 1.165) is 62.0 Å². The predicted molar refractivity (Wildman–Crippen MR) is 121 cm³/mol. The Balaban J connectivity index is 1.53. The molecule has 0 radical (unpaired) electrons.